The maximum atomic E-state index is 11.8. The zero-order valence-electron chi connectivity index (χ0n) is 10.6. The van der Waals surface area contributed by atoms with Gasteiger partial charge in [0.25, 0.3) is 15.9 Å². The van der Waals surface area contributed by atoms with Gasteiger partial charge >= 0.3 is 0 Å². The molecule has 0 atom stereocenters. The first-order chi connectivity index (χ1) is 9.77. The Bertz CT molecular complexity index is 793. The molecule has 0 bridgehead atoms. The molecule has 0 aliphatic heterocycles. The normalized spacial score (nSPS) is 11.1. The van der Waals surface area contributed by atoms with Gasteiger partial charge in [-0.15, -0.1) is 0 Å². The van der Waals surface area contributed by atoms with Crippen molar-refractivity contribution in [3.8, 4) is 0 Å². The third-order valence-electron chi connectivity index (χ3n) is 2.51. The monoisotopic (exact) mass is 309 g/mol. The van der Waals surface area contributed by atoms with Crippen LogP contribution in [0.3, 0.4) is 0 Å². The van der Waals surface area contributed by atoms with Crippen LogP contribution in [0.1, 0.15) is 20.9 Å². The third kappa shape index (κ3) is 3.46. The lowest BCUT2D eigenvalue weighted by molar-refractivity contribution is 0.0988. The van der Waals surface area contributed by atoms with Crippen LogP contribution in [-0.2, 0) is 10.0 Å². The van der Waals surface area contributed by atoms with Gasteiger partial charge in [-0.3, -0.25) is 9.59 Å². The van der Waals surface area contributed by atoms with Crippen molar-refractivity contribution in [2.45, 2.75) is 5.09 Å². The number of hydrogen-bond acceptors (Lipinski definition) is 5. The number of carbonyl (C=O) groups excluding carboxylic acids is 2. The zero-order chi connectivity index (χ0) is 15.6. The van der Waals surface area contributed by atoms with Crippen molar-refractivity contribution in [1.29, 1.82) is 0 Å². The molecule has 0 aliphatic carbocycles. The van der Waals surface area contributed by atoms with E-state index in [1.165, 1.54) is 30.3 Å². The number of primary sulfonamides is 1. The highest BCUT2D eigenvalue weighted by Gasteiger charge is 2.17. The van der Waals surface area contributed by atoms with E-state index in [9.17, 15) is 18.0 Å². The van der Waals surface area contributed by atoms with Crippen molar-refractivity contribution in [2.75, 3.05) is 5.32 Å². The molecule has 0 spiro atoms. The van der Waals surface area contributed by atoms with Gasteiger partial charge in [0.15, 0.2) is 5.76 Å². The van der Waals surface area contributed by atoms with Crippen molar-refractivity contribution in [1.82, 2.24) is 0 Å². The molecule has 0 fully saturated rings. The van der Waals surface area contributed by atoms with E-state index in [0.29, 0.717) is 11.3 Å². The number of benzene rings is 1. The average molecular weight is 309 g/mol. The molecule has 8 nitrogen and oxygen atoms in total. The molecule has 21 heavy (non-hydrogen) atoms. The zero-order valence-corrected chi connectivity index (χ0v) is 11.4. The van der Waals surface area contributed by atoms with Gasteiger partial charge in [-0.2, -0.15) is 0 Å². The minimum Gasteiger partial charge on any atom is -0.438 e. The van der Waals surface area contributed by atoms with Crippen LogP contribution in [0, 0.1) is 0 Å². The van der Waals surface area contributed by atoms with E-state index < -0.39 is 26.9 Å². The Balaban J connectivity index is 2.14. The first-order valence-corrected chi connectivity index (χ1v) is 7.16. The minimum absolute atomic E-state index is 0.210. The lowest BCUT2D eigenvalue weighted by atomic mass is 10.2. The number of sulfonamides is 1. The molecule has 1 heterocycles. The van der Waals surface area contributed by atoms with Crippen LogP contribution in [-0.4, -0.2) is 20.2 Å². The lowest BCUT2D eigenvalue weighted by Crippen LogP contribution is -2.13. The maximum Gasteiger partial charge on any atom is 0.291 e. The second-order valence-corrected chi connectivity index (χ2v) is 5.55. The Morgan fingerprint density at radius 3 is 2.14 bits per heavy atom. The fourth-order valence-corrected chi connectivity index (χ4v) is 1.97. The Kier molecular flexibility index (Phi) is 3.78. The number of anilines is 1. The van der Waals surface area contributed by atoms with E-state index >= 15 is 0 Å². The van der Waals surface area contributed by atoms with Crippen LogP contribution >= 0.6 is 0 Å². The molecule has 1 aromatic carbocycles. The molecule has 5 N–H and O–H groups in total. The number of rotatable bonds is 4. The Morgan fingerprint density at radius 2 is 1.67 bits per heavy atom. The average Bonchev–Trinajstić information content (AvgIpc) is 2.88. The molecule has 0 unspecified atom stereocenters. The number of amides is 2. The molecule has 9 heteroatoms. The van der Waals surface area contributed by atoms with Crippen molar-refractivity contribution >= 4 is 27.5 Å². The summed E-state index contributed by atoms with van der Waals surface area (Å²) in [4.78, 5) is 22.7. The maximum absolute atomic E-state index is 11.8. The summed E-state index contributed by atoms with van der Waals surface area (Å²) in [6.07, 6.45) is 0. The number of nitrogens with two attached hydrogens (primary N) is 2. The fraction of sp³-hybridized carbons (Fsp3) is 0. The van der Waals surface area contributed by atoms with Crippen LogP contribution in [0.15, 0.2) is 45.9 Å². The van der Waals surface area contributed by atoms with Crippen LogP contribution < -0.4 is 16.2 Å². The second-order valence-electron chi connectivity index (χ2n) is 4.06. The van der Waals surface area contributed by atoms with Gasteiger partial charge in [-0.1, -0.05) is 0 Å². The molecular formula is C12H11N3O5S. The highest BCUT2D eigenvalue weighted by atomic mass is 32.2. The quantitative estimate of drug-likeness (QED) is 0.742. The van der Waals surface area contributed by atoms with Gasteiger partial charge in [-0.05, 0) is 36.4 Å². The van der Waals surface area contributed by atoms with Crippen LogP contribution in [0.5, 0.6) is 0 Å². The Morgan fingerprint density at radius 1 is 1.05 bits per heavy atom. The SMILES string of the molecule is NC(=O)c1ccc(NC(=O)c2ccc(S(N)(=O)=O)o2)cc1. The van der Waals surface area contributed by atoms with Crippen molar-refractivity contribution in [3.63, 3.8) is 0 Å². The molecule has 0 saturated heterocycles. The summed E-state index contributed by atoms with van der Waals surface area (Å²) in [7, 11) is -4.00. The van der Waals surface area contributed by atoms with Gasteiger partial charge in [0.1, 0.15) is 0 Å². The molecule has 2 rings (SSSR count). The Labute approximate surface area is 119 Å². The van der Waals surface area contributed by atoms with E-state index in [-0.39, 0.29) is 5.76 Å². The minimum atomic E-state index is -4.00. The first kappa shape index (κ1) is 14.8. The Hall–Kier alpha value is -2.65. The molecule has 110 valence electrons. The number of carbonyl (C=O) groups is 2. The molecule has 0 radical (unpaired) electrons. The first-order valence-electron chi connectivity index (χ1n) is 5.61. The standard InChI is InChI=1S/C12H11N3O5S/c13-11(16)7-1-3-8(4-2-7)15-12(17)9-5-6-10(20-9)21(14,18)19/h1-6H,(H2,13,16)(H,15,17)(H2,14,18,19). The third-order valence-corrected chi connectivity index (χ3v) is 3.29. The van der Waals surface area contributed by atoms with Gasteiger partial charge in [0, 0.05) is 11.3 Å². The summed E-state index contributed by atoms with van der Waals surface area (Å²) in [6, 6.07) is 8.10. The van der Waals surface area contributed by atoms with Crippen LogP contribution in [0.25, 0.3) is 0 Å². The summed E-state index contributed by atoms with van der Waals surface area (Å²) < 4.78 is 26.9. The smallest absolute Gasteiger partial charge is 0.291 e. The van der Waals surface area contributed by atoms with Crippen molar-refractivity contribution in [2.24, 2.45) is 10.9 Å². The topological polar surface area (TPSA) is 145 Å². The molecular weight excluding hydrogens is 298 g/mol. The summed E-state index contributed by atoms with van der Waals surface area (Å²) in [5, 5.41) is 6.84. The largest absolute Gasteiger partial charge is 0.438 e. The summed E-state index contributed by atoms with van der Waals surface area (Å²) in [5.41, 5.74) is 5.77. The van der Waals surface area contributed by atoms with Crippen LogP contribution in [0.2, 0.25) is 0 Å². The van der Waals surface area contributed by atoms with Gasteiger partial charge in [-0.25, -0.2) is 13.6 Å². The number of hydrogen-bond donors (Lipinski definition) is 3. The van der Waals surface area contributed by atoms with Crippen LogP contribution in [0.4, 0.5) is 5.69 Å². The summed E-state index contributed by atoms with van der Waals surface area (Å²) in [5.74, 6) is -1.45. The molecule has 2 aromatic rings. The molecule has 0 aliphatic rings. The van der Waals surface area contributed by atoms with Gasteiger partial charge < -0.3 is 15.5 Å². The second kappa shape index (κ2) is 5.38. The number of nitrogens with one attached hydrogen (secondary N) is 1. The summed E-state index contributed by atoms with van der Waals surface area (Å²) in [6.45, 7) is 0. The van der Waals surface area contributed by atoms with E-state index in [2.05, 4.69) is 5.32 Å². The number of furan rings is 1. The van der Waals surface area contributed by atoms with Crippen molar-refractivity contribution in [3.05, 3.63) is 47.7 Å². The predicted octanol–water partition coefficient (Wildman–Crippen LogP) is 0.278. The van der Waals surface area contributed by atoms with Gasteiger partial charge in [0.05, 0.1) is 0 Å². The number of primary amides is 1. The summed E-state index contributed by atoms with van der Waals surface area (Å²) >= 11 is 0. The van der Waals surface area contributed by atoms with E-state index in [0.717, 1.165) is 6.07 Å². The van der Waals surface area contributed by atoms with E-state index in [1.54, 1.807) is 0 Å². The highest BCUT2D eigenvalue weighted by Crippen LogP contribution is 2.15. The lowest BCUT2D eigenvalue weighted by Gasteiger charge is -2.03. The van der Waals surface area contributed by atoms with Crippen molar-refractivity contribution < 1.29 is 22.4 Å². The molecule has 1 aromatic heterocycles. The van der Waals surface area contributed by atoms with Gasteiger partial charge in [0.2, 0.25) is 11.0 Å². The fourth-order valence-electron chi connectivity index (χ4n) is 1.51. The molecule has 0 saturated carbocycles. The highest BCUT2D eigenvalue weighted by molar-refractivity contribution is 7.89. The van der Waals surface area contributed by atoms with E-state index in [1.807, 2.05) is 0 Å². The van der Waals surface area contributed by atoms with E-state index in [4.69, 9.17) is 15.3 Å². The molecule has 2 amide bonds. The predicted molar refractivity (Wildman–Crippen MR) is 73.0 cm³/mol.